The zero-order valence-electron chi connectivity index (χ0n) is 10.7. The standard InChI is InChI=1S/C12H17F3N4/c1-7-4-2-3-5-8(7)17-10-6-9(16)18-11(19-10)12(13,14)15/h6-8H,2-5H2,1H3,(H3,16,17,18,19). The van der Waals surface area contributed by atoms with E-state index >= 15 is 0 Å². The monoisotopic (exact) mass is 274 g/mol. The van der Waals surface area contributed by atoms with E-state index in [2.05, 4.69) is 22.2 Å². The average Bonchev–Trinajstić information content (AvgIpc) is 2.30. The van der Waals surface area contributed by atoms with Gasteiger partial charge in [-0.2, -0.15) is 13.2 Å². The van der Waals surface area contributed by atoms with Crippen molar-refractivity contribution in [3.8, 4) is 0 Å². The van der Waals surface area contributed by atoms with Gasteiger partial charge < -0.3 is 11.1 Å². The Hall–Kier alpha value is -1.53. The van der Waals surface area contributed by atoms with Gasteiger partial charge >= 0.3 is 6.18 Å². The summed E-state index contributed by atoms with van der Waals surface area (Å²) in [7, 11) is 0. The lowest BCUT2D eigenvalue weighted by Crippen LogP contribution is -2.31. The molecule has 1 aromatic heterocycles. The number of halogens is 3. The topological polar surface area (TPSA) is 63.8 Å². The lowest BCUT2D eigenvalue weighted by Gasteiger charge is -2.30. The predicted molar refractivity (Wildman–Crippen MR) is 66.5 cm³/mol. The maximum atomic E-state index is 12.6. The maximum absolute atomic E-state index is 12.6. The Labute approximate surface area is 109 Å². The highest BCUT2D eigenvalue weighted by molar-refractivity contribution is 5.45. The normalized spacial score (nSPS) is 24.2. The second-order valence-corrected chi connectivity index (χ2v) is 5.01. The second kappa shape index (κ2) is 5.22. The zero-order chi connectivity index (χ0) is 14.0. The molecule has 0 bridgehead atoms. The molecule has 0 saturated heterocycles. The van der Waals surface area contributed by atoms with Crippen LogP contribution in [0.3, 0.4) is 0 Å². The number of rotatable bonds is 2. The molecular formula is C12H17F3N4. The minimum atomic E-state index is -4.58. The summed E-state index contributed by atoms with van der Waals surface area (Å²) in [6, 6.07) is 1.49. The van der Waals surface area contributed by atoms with Crippen molar-refractivity contribution in [2.24, 2.45) is 5.92 Å². The first-order valence-electron chi connectivity index (χ1n) is 6.34. The smallest absolute Gasteiger partial charge is 0.384 e. The van der Waals surface area contributed by atoms with Crippen molar-refractivity contribution in [1.82, 2.24) is 9.97 Å². The molecule has 0 amide bonds. The van der Waals surface area contributed by atoms with Gasteiger partial charge in [0.05, 0.1) is 0 Å². The molecule has 7 heteroatoms. The van der Waals surface area contributed by atoms with Gasteiger partial charge in [0.1, 0.15) is 11.6 Å². The summed E-state index contributed by atoms with van der Waals surface area (Å²) in [6.07, 6.45) is -0.325. The number of nitrogen functional groups attached to an aromatic ring is 1. The average molecular weight is 274 g/mol. The van der Waals surface area contributed by atoms with Crippen LogP contribution in [0.15, 0.2) is 6.07 Å². The molecule has 2 rings (SSSR count). The van der Waals surface area contributed by atoms with Gasteiger partial charge in [-0.3, -0.25) is 0 Å². The second-order valence-electron chi connectivity index (χ2n) is 5.01. The molecule has 2 unspecified atom stereocenters. The van der Waals surface area contributed by atoms with Crippen LogP contribution in [0.2, 0.25) is 0 Å². The number of hydrogen-bond donors (Lipinski definition) is 2. The van der Waals surface area contributed by atoms with E-state index in [1.807, 2.05) is 0 Å². The van der Waals surface area contributed by atoms with Gasteiger partial charge in [-0.1, -0.05) is 19.8 Å². The molecule has 1 fully saturated rings. The number of hydrogen-bond acceptors (Lipinski definition) is 4. The molecule has 3 N–H and O–H groups in total. The Kier molecular flexibility index (Phi) is 3.82. The van der Waals surface area contributed by atoms with Crippen LogP contribution in [0, 0.1) is 5.92 Å². The quantitative estimate of drug-likeness (QED) is 0.870. The van der Waals surface area contributed by atoms with Gasteiger partial charge in [-0.15, -0.1) is 0 Å². The van der Waals surface area contributed by atoms with E-state index in [0.29, 0.717) is 5.92 Å². The minimum Gasteiger partial charge on any atom is -0.384 e. The van der Waals surface area contributed by atoms with Gasteiger partial charge in [0, 0.05) is 12.1 Å². The van der Waals surface area contributed by atoms with Gasteiger partial charge in [-0.05, 0) is 18.8 Å². The van der Waals surface area contributed by atoms with Crippen molar-refractivity contribution in [3.63, 3.8) is 0 Å². The van der Waals surface area contributed by atoms with E-state index in [-0.39, 0.29) is 17.7 Å². The van der Waals surface area contributed by atoms with Crippen molar-refractivity contribution in [2.45, 2.75) is 44.8 Å². The maximum Gasteiger partial charge on any atom is 0.451 e. The van der Waals surface area contributed by atoms with Crippen LogP contribution in [-0.2, 0) is 6.18 Å². The van der Waals surface area contributed by atoms with Crippen LogP contribution in [-0.4, -0.2) is 16.0 Å². The van der Waals surface area contributed by atoms with Crippen molar-refractivity contribution in [1.29, 1.82) is 0 Å². The van der Waals surface area contributed by atoms with E-state index in [1.165, 1.54) is 12.5 Å². The summed E-state index contributed by atoms with van der Waals surface area (Å²) in [5.74, 6) is -0.801. The fraction of sp³-hybridized carbons (Fsp3) is 0.667. The Morgan fingerprint density at radius 1 is 1.26 bits per heavy atom. The van der Waals surface area contributed by atoms with Crippen LogP contribution >= 0.6 is 0 Å². The van der Waals surface area contributed by atoms with E-state index in [9.17, 15) is 13.2 Å². The lowest BCUT2D eigenvalue weighted by atomic mass is 9.86. The highest BCUT2D eigenvalue weighted by Crippen LogP contribution is 2.30. The molecule has 1 aromatic rings. The zero-order valence-corrected chi connectivity index (χ0v) is 10.7. The van der Waals surface area contributed by atoms with E-state index in [0.717, 1.165) is 19.3 Å². The Bertz CT molecular complexity index is 447. The number of nitrogens with zero attached hydrogens (tertiary/aromatic N) is 2. The third-order valence-corrected chi connectivity index (χ3v) is 3.44. The van der Waals surface area contributed by atoms with Crippen molar-refractivity contribution >= 4 is 11.6 Å². The summed E-state index contributed by atoms with van der Waals surface area (Å²) in [6.45, 7) is 2.09. The summed E-state index contributed by atoms with van der Waals surface area (Å²) >= 11 is 0. The van der Waals surface area contributed by atoms with Crippen molar-refractivity contribution in [3.05, 3.63) is 11.9 Å². The summed E-state index contributed by atoms with van der Waals surface area (Å²) in [4.78, 5) is 6.73. The van der Waals surface area contributed by atoms with Crippen LogP contribution in [0.25, 0.3) is 0 Å². The molecule has 0 spiro atoms. The molecule has 0 radical (unpaired) electrons. The number of nitrogens with one attached hydrogen (secondary N) is 1. The van der Waals surface area contributed by atoms with Crippen molar-refractivity contribution < 1.29 is 13.2 Å². The number of nitrogens with two attached hydrogens (primary N) is 1. The molecular weight excluding hydrogens is 257 g/mol. The molecule has 1 aliphatic rings. The third kappa shape index (κ3) is 3.48. The molecule has 1 aliphatic carbocycles. The Morgan fingerprint density at radius 2 is 1.95 bits per heavy atom. The highest BCUT2D eigenvalue weighted by atomic mass is 19.4. The van der Waals surface area contributed by atoms with E-state index in [4.69, 9.17) is 5.73 Å². The first-order chi connectivity index (χ1) is 8.86. The number of anilines is 2. The van der Waals surface area contributed by atoms with Crippen LogP contribution in [0.5, 0.6) is 0 Å². The lowest BCUT2D eigenvalue weighted by molar-refractivity contribution is -0.144. The largest absolute Gasteiger partial charge is 0.451 e. The summed E-state index contributed by atoms with van der Waals surface area (Å²) in [5, 5.41) is 3.05. The minimum absolute atomic E-state index is 0.143. The van der Waals surface area contributed by atoms with Crippen molar-refractivity contribution in [2.75, 3.05) is 11.1 Å². The number of aromatic nitrogens is 2. The van der Waals surface area contributed by atoms with Gasteiger partial charge in [0.25, 0.3) is 0 Å². The molecule has 4 nitrogen and oxygen atoms in total. The Morgan fingerprint density at radius 3 is 2.58 bits per heavy atom. The van der Waals surface area contributed by atoms with Crippen LogP contribution in [0.4, 0.5) is 24.8 Å². The van der Waals surface area contributed by atoms with E-state index in [1.54, 1.807) is 0 Å². The van der Waals surface area contributed by atoms with Gasteiger partial charge in [-0.25, -0.2) is 9.97 Å². The fourth-order valence-electron chi connectivity index (χ4n) is 2.39. The van der Waals surface area contributed by atoms with Gasteiger partial charge in [0.2, 0.25) is 5.82 Å². The Balaban J connectivity index is 2.18. The molecule has 106 valence electrons. The van der Waals surface area contributed by atoms with Gasteiger partial charge in [0.15, 0.2) is 0 Å². The van der Waals surface area contributed by atoms with Crippen LogP contribution < -0.4 is 11.1 Å². The SMILES string of the molecule is CC1CCCCC1Nc1cc(N)nc(C(F)(F)F)n1. The molecule has 1 saturated carbocycles. The van der Waals surface area contributed by atoms with Crippen LogP contribution in [0.1, 0.15) is 38.4 Å². The molecule has 1 heterocycles. The summed E-state index contributed by atoms with van der Waals surface area (Å²) in [5.41, 5.74) is 5.40. The fourth-order valence-corrected chi connectivity index (χ4v) is 2.39. The number of alkyl halides is 3. The summed E-state index contributed by atoms with van der Waals surface area (Å²) < 4.78 is 37.8. The molecule has 0 aliphatic heterocycles. The third-order valence-electron chi connectivity index (χ3n) is 3.44. The highest BCUT2D eigenvalue weighted by Gasteiger charge is 2.35. The molecule has 2 atom stereocenters. The van der Waals surface area contributed by atoms with E-state index < -0.39 is 12.0 Å². The first-order valence-corrected chi connectivity index (χ1v) is 6.34. The first kappa shape index (κ1) is 13.9. The molecule has 0 aromatic carbocycles. The molecule has 19 heavy (non-hydrogen) atoms. The predicted octanol–water partition coefficient (Wildman–Crippen LogP) is 3.07.